The molecule has 1 aromatic heterocycles. The molecule has 2 aliphatic rings. The summed E-state index contributed by atoms with van der Waals surface area (Å²) in [4.78, 5) is 12.8. The molecule has 1 saturated heterocycles. The zero-order valence-electron chi connectivity index (χ0n) is 17.6. The molecule has 3 heterocycles. The molecule has 1 N–H and O–H groups in total. The van der Waals surface area contributed by atoms with E-state index in [-0.39, 0.29) is 23.5 Å². The van der Waals surface area contributed by atoms with Crippen molar-refractivity contribution in [2.75, 3.05) is 19.9 Å². The highest BCUT2D eigenvalue weighted by molar-refractivity contribution is 7.89. The van der Waals surface area contributed by atoms with E-state index in [2.05, 4.69) is 20.8 Å². The maximum atomic E-state index is 13.0. The van der Waals surface area contributed by atoms with E-state index in [1.54, 1.807) is 12.1 Å². The highest BCUT2D eigenvalue weighted by Crippen LogP contribution is 2.32. The van der Waals surface area contributed by atoms with Crippen LogP contribution in [0.3, 0.4) is 0 Å². The summed E-state index contributed by atoms with van der Waals surface area (Å²) in [6.45, 7) is 1.16. The Bertz CT molecular complexity index is 1240. The van der Waals surface area contributed by atoms with Gasteiger partial charge in [-0.2, -0.15) is 4.31 Å². The van der Waals surface area contributed by atoms with Crippen molar-refractivity contribution in [3.8, 4) is 17.2 Å². The number of piperidine rings is 1. The van der Waals surface area contributed by atoms with E-state index in [1.165, 1.54) is 27.4 Å². The lowest BCUT2D eigenvalue weighted by molar-refractivity contribution is -0.126. The summed E-state index contributed by atoms with van der Waals surface area (Å²) in [5, 5.41) is 13.9. The lowest BCUT2D eigenvalue weighted by atomic mass is 9.97. The first-order chi connectivity index (χ1) is 16.0. The normalized spacial score (nSPS) is 16.6. The Morgan fingerprint density at radius 3 is 2.55 bits per heavy atom. The second-order valence-corrected chi connectivity index (χ2v) is 9.77. The zero-order chi connectivity index (χ0) is 22.8. The number of rotatable bonds is 6. The van der Waals surface area contributed by atoms with E-state index in [0.29, 0.717) is 49.7 Å². The number of ether oxygens (including phenoxy) is 2. The Morgan fingerprint density at radius 1 is 1.06 bits per heavy atom. The van der Waals surface area contributed by atoms with Crippen molar-refractivity contribution < 1.29 is 22.7 Å². The van der Waals surface area contributed by atoms with Gasteiger partial charge in [-0.05, 0) is 65.2 Å². The first-order valence-electron chi connectivity index (χ1n) is 10.5. The third kappa shape index (κ3) is 4.39. The number of carbonyl (C=O) groups excluding carboxylic acids is 1. The number of carbonyl (C=O) groups is 1. The van der Waals surface area contributed by atoms with Crippen LogP contribution in [0.2, 0.25) is 0 Å². The number of tetrazole rings is 1. The predicted molar refractivity (Wildman–Crippen MR) is 115 cm³/mol. The van der Waals surface area contributed by atoms with Crippen LogP contribution < -0.4 is 14.8 Å². The van der Waals surface area contributed by atoms with E-state index in [9.17, 15) is 13.2 Å². The molecule has 0 unspecified atom stereocenters. The molecule has 0 spiro atoms. The number of nitrogens with zero attached hydrogens (tertiary/aromatic N) is 5. The Hall–Kier alpha value is -3.51. The third-order valence-electron chi connectivity index (χ3n) is 5.82. The standard InChI is InChI=1S/C21H22N6O5S/c28-21(22-12-15-1-6-19-20(11-15)32-14-31-19)16-7-9-26(10-8-16)33(29,30)18-4-2-17(3-5-18)27-13-23-24-25-27/h1-6,11,13,16H,7-10,12,14H2,(H,22,28). The molecule has 0 radical (unpaired) electrons. The number of benzene rings is 2. The average Bonchev–Trinajstić information content (AvgIpc) is 3.55. The van der Waals surface area contributed by atoms with Crippen molar-refractivity contribution in [1.82, 2.24) is 29.8 Å². The first kappa shape index (κ1) is 21.3. The number of fused-ring (bicyclic) bond motifs is 1. The summed E-state index contributed by atoms with van der Waals surface area (Å²) < 4.78 is 39.6. The van der Waals surface area contributed by atoms with Crippen molar-refractivity contribution in [2.24, 2.45) is 5.92 Å². The van der Waals surface area contributed by atoms with Crippen LogP contribution in [-0.2, 0) is 21.4 Å². The van der Waals surface area contributed by atoms with Gasteiger partial charge in [0.25, 0.3) is 0 Å². The fourth-order valence-corrected chi connectivity index (χ4v) is 5.41. The summed E-state index contributed by atoms with van der Waals surface area (Å²) in [5.41, 5.74) is 1.58. The second kappa shape index (κ2) is 8.79. The molecule has 0 saturated carbocycles. The smallest absolute Gasteiger partial charge is 0.243 e. The van der Waals surface area contributed by atoms with Crippen LogP contribution in [0.1, 0.15) is 18.4 Å². The van der Waals surface area contributed by atoms with E-state index in [4.69, 9.17) is 9.47 Å². The van der Waals surface area contributed by atoms with E-state index in [1.807, 2.05) is 18.2 Å². The zero-order valence-corrected chi connectivity index (χ0v) is 18.4. The van der Waals surface area contributed by atoms with Crippen molar-refractivity contribution in [1.29, 1.82) is 0 Å². The molecule has 2 aromatic carbocycles. The predicted octanol–water partition coefficient (Wildman–Crippen LogP) is 1.11. The average molecular weight is 471 g/mol. The van der Waals surface area contributed by atoms with Gasteiger partial charge in [-0.15, -0.1) is 5.10 Å². The van der Waals surface area contributed by atoms with Crippen molar-refractivity contribution in [3.63, 3.8) is 0 Å². The first-order valence-corrected chi connectivity index (χ1v) is 11.9. The van der Waals surface area contributed by atoms with Crippen LogP contribution in [0.5, 0.6) is 11.5 Å². The Morgan fingerprint density at radius 2 is 1.82 bits per heavy atom. The number of sulfonamides is 1. The lowest BCUT2D eigenvalue weighted by Crippen LogP contribution is -2.42. The van der Waals surface area contributed by atoms with Gasteiger partial charge in [0.05, 0.1) is 10.6 Å². The minimum absolute atomic E-state index is 0.0736. The molecule has 5 rings (SSSR count). The lowest BCUT2D eigenvalue weighted by Gasteiger charge is -2.30. The van der Waals surface area contributed by atoms with Crippen LogP contribution in [0.15, 0.2) is 53.7 Å². The fraction of sp³-hybridized carbons (Fsp3) is 0.333. The molecule has 0 aliphatic carbocycles. The highest BCUT2D eigenvalue weighted by Gasteiger charge is 2.32. The van der Waals surface area contributed by atoms with E-state index >= 15 is 0 Å². The molecule has 12 heteroatoms. The van der Waals surface area contributed by atoms with Crippen LogP contribution in [0, 0.1) is 5.92 Å². The van der Waals surface area contributed by atoms with Gasteiger partial charge in [0.15, 0.2) is 11.5 Å². The molecule has 0 bridgehead atoms. The summed E-state index contributed by atoms with van der Waals surface area (Å²) >= 11 is 0. The minimum Gasteiger partial charge on any atom is -0.454 e. The van der Waals surface area contributed by atoms with Gasteiger partial charge >= 0.3 is 0 Å². The summed E-state index contributed by atoms with van der Waals surface area (Å²) in [6, 6.07) is 11.9. The molecular weight excluding hydrogens is 448 g/mol. The molecule has 1 fully saturated rings. The Balaban J connectivity index is 1.16. The van der Waals surface area contributed by atoms with Gasteiger partial charge in [-0.25, -0.2) is 13.1 Å². The summed E-state index contributed by atoms with van der Waals surface area (Å²) in [7, 11) is -3.64. The van der Waals surface area contributed by atoms with Gasteiger partial charge in [0.2, 0.25) is 22.7 Å². The Kier molecular flexibility index (Phi) is 5.68. The van der Waals surface area contributed by atoms with Crippen LogP contribution in [0.4, 0.5) is 0 Å². The van der Waals surface area contributed by atoms with E-state index in [0.717, 1.165) is 5.56 Å². The maximum absolute atomic E-state index is 13.0. The van der Waals surface area contributed by atoms with Gasteiger partial charge in [-0.1, -0.05) is 6.07 Å². The molecule has 33 heavy (non-hydrogen) atoms. The maximum Gasteiger partial charge on any atom is 0.243 e. The number of hydrogen-bond acceptors (Lipinski definition) is 8. The highest BCUT2D eigenvalue weighted by atomic mass is 32.2. The van der Waals surface area contributed by atoms with Gasteiger partial charge in [0.1, 0.15) is 6.33 Å². The van der Waals surface area contributed by atoms with E-state index < -0.39 is 10.0 Å². The molecule has 1 amide bonds. The van der Waals surface area contributed by atoms with Gasteiger partial charge < -0.3 is 14.8 Å². The quantitative estimate of drug-likeness (QED) is 0.567. The monoisotopic (exact) mass is 470 g/mol. The number of amides is 1. The van der Waals surface area contributed by atoms with Crippen LogP contribution in [0.25, 0.3) is 5.69 Å². The van der Waals surface area contributed by atoms with Crippen LogP contribution in [-0.4, -0.2) is 58.7 Å². The van der Waals surface area contributed by atoms with Crippen molar-refractivity contribution >= 4 is 15.9 Å². The van der Waals surface area contributed by atoms with Crippen LogP contribution >= 0.6 is 0 Å². The third-order valence-corrected chi connectivity index (χ3v) is 7.73. The number of nitrogens with one attached hydrogen (secondary N) is 1. The molecule has 11 nitrogen and oxygen atoms in total. The molecular formula is C21H22N6O5S. The summed E-state index contributed by atoms with van der Waals surface area (Å²) in [5.74, 6) is 1.07. The van der Waals surface area contributed by atoms with Crippen molar-refractivity contribution in [2.45, 2.75) is 24.3 Å². The molecule has 0 atom stereocenters. The van der Waals surface area contributed by atoms with Gasteiger partial charge in [0, 0.05) is 25.6 Å². The number of hydrogen-bond donors (Lipinski definition) is 1. The Labute approximate surface area is 190 Å². The SMILES string of the molecule is O=C(NCc1ccc2c(c1)OCO2)C1CCN(S(=O)(=O)c2ccc(-n3cnnn3)cc2)CC1. The second-order valence-electron chi connectivity index (χ2n) is 7.83. The van der Waals surface area contributed by atoms with Crippen molar-refractivity contribution in [3.05, 3.63) is 54.4 Å². The minimum atomic E-state index is -3.64. The molecule has 172 valence electrons. The molecule has 2 aliphatic heterocycles. The number of aromatic nitrogens is 4. The fourth-order valence-electron chi connectivity index (χ4n) is 3.94. The molecule has 3 aromatic rings. The topological polar surface area (TPSA) is 129 Å². The summed E-state index contributed by atoms with van der Waals surface area (Å²) in [6.07, 6.45) is 2.37. The van der Waals surface area contributed by atoms with Gasteiger partial charge in [-0.3, -0.25) is 4.79 Å². The largest absolute Gasteiger partial charge is 0.454 e.